The van der Waals surface area contributed by atoms with Gasteiger partial charge in [0.15, 0.2) is 0 Å². The number of aromatic nitrogens is 2. The Balaban J connectivity index is 1.94. The highest BCUT2D eigenvalue weighted by Gasteiger charge is 2.07. The summed E-state index contributed by atoms with van der Waals surface area (Å²) in [5.41, 5.74) is 2.80. The molecule has 4 aromatic rings. The van der Waals surface area contributed by atoms with E-state index in [0.29, 0.717) is 0 Å². The molecule has 4 rings (SSSR count). The van der Waals surface area contributed by atoms with Crippen LogP contribution in [0, 0.1) is 0 Å². The van der Waals surface area contributed by atoms with E-state index in [1.54, 1.807) is 0 Å². The smallest absolute Gasteiger partial charge is 0.137 e. The molecule has 86 valence electrons. The number of rotatable bonds is 1. The normalized spacial score (nSPS) is 11.3. The molecular weight excluding hydrogens is 224 g/mol. The SMILES string of the molecule is c1ccc2oc(-c3cnc4[nH]ccc4c3)cc2c1. The minimum atomic E-state index is 0.854. The lowest BCUT2D eigenvalue weighted by Gasteiger charge is -1.95. The van der Waals surface area contributed by atoms with Crippen molar-refractivity contribution in [3.8, 4) is 11.3 Å². The molecule has 1 aromatic carbocycles. The molecule has 0 unspecified atom stereocenters. The minimum absolute atomic E-state index is 0.854. The fraction of sp³-hybridized carbons (Fsp3) is 0. The van der Waals surface area contributed by atoms with Gasteiger partial charge in [0.25, 0.3) is 0 Å². The van der Waals surface area contributed by atoms with E-state index in [4.69, 9.17) is 4.42 Å². The van der Waals surface area contributed by atoms with Gasteiger partial charge in [0.1, 0.15) is 17.0 Å². The van der Waals surface area contributed by atoms with Gasteiger partial charge in [0, 0.05) is 28.7 Å². The van der Waals surface area contributed by atoms with Gasteiger partial charge in [-0.3, -0.25) is 0 Å². The summed E-state index contributed by atoms with van der Waals surface area (Å²) in [6.45, 7) is 0. The van der Waals surface area contributed by atoms with Crippen LogP contribution in [0.3, 0.4) is 0 Å². The highest BCUT2D eigenvalue weighted by molar-refractivity contribution is 5.85. The maximum Gasteiger partial charge on any atom is 0.137 e. The van der Waals surface area contributed by atoms with E-state index in [-0.39, 0.29) is 0 Å². The van der Waals surface area contributed by atoms with Crippen LogP contribution in [-0.4, -0.2) is 9.97 Å². The topological polar surface area (TPSA) is 41.8 Å². The third-order valence-corrected chi connectivity index (χ3v) is 3.11. The summed E-state index contributed by atoms with van der Waals surface area (Å²) in [5, 5.41) is 2.20. The van der Waals surface area contributed by atoms with Gasteiger partial charge in [-0.2, -0.15) is 0 Å². The molecule has 0 aliphatic heterocycles. The molecule has 0 fully saturated rings. The van der Waals surface area contributed by atoms with Crippen molar-refractivity contribution in [2.45, 2.75) is 0 Å². The number of hydrogen-bond acceptors (Lipinski definition) is 2. The first kappa shape index (κ1) is 9.48. The maximum atomic E-state index is 5.83. The van der Waals surface area contributed by atoms with Gasteiger partial charge in [-0.05, 0) is 24.3 Å². The molecule has 3 heteroatoms. The van der Waals surface area contributed by atoms with Crippen molar-refractivity contribution in [3.63, 3.8) is 0 Å². The highest BCUT2D eigenvalue weighted by Crippen LogP contribution is 2.28. The fourth-order valence-corrected chi connectivity index (χ4v) is 2.20. The molecule has 0 radical (unpaired) electrons. The van der Waals surface area contributed by atoms with Gasteiger partial charge in [-0.25, -0.2) is 4.98 Å². The van der Waals surface area contributed by atoms with Gasteiger partial charge in [0.2, 0.25) is 0 Å². The van der Waals surface area contributed by atoms with Crippen LogP contribution in [-0.2, 0) is 0 Å². The molecule has 3 aromatic heterocycles. The summed E-state index contributed by atoms with van der Waals surface area (Å²) in [5.74, 6) is 0.854. The van der Waals surface area contributed by atoms with Crippen LogP contribution in [0.15, 0.2) is 59.3 Å². The zero-order valence-corrected chi connectivity index (χ0v) is 9.55. The van der Waals surface area contributed by atoms with Gasteiger partial charge in [-0.1, -0.05) is 18.2 Å². The second-order valence-electron chi connectivity index (χ2n) is 4.29. The number of furan rings is 1. The molecule has 3 nitrogen and oxygen atoms in total. The van der Waals surface area contributed by atoms with Crippen molar-refractivity contribution in [3.05, 3.63) is 54.9 Å². The lowest BCUT2D eigenvalue weighted by atomic mass is 10.2. The summed E-state index contributed by atoms with van der Waals surface area (Å²) in [7, 11) is 0. The predicted octanol–water partition coefficient (Wildman–Crippen LogP) is 3.98. The number of nitrogens with zero attached hydrogens (tertiary/aromatic N) is 1. The third kappa shape index (κ3) is 1.34. The first-order valence-electron chi connectivity index (χ1n) is 5.82. The Kier molecular flexibility index (Phi) is 1.83. The summed E-state index contributed by atoms with van der Waals surface area (Å²) < 4.78 is 5.83. The number of pyridine rings is 1. The van der Waals surface area contributed by atoms with E-state index in [1.807, 2.05) is 48.8 Å². The van der Waals surface area contributed by atoms with Crippen LogP contribution in [0.5, 0.6) is 0 Å². The average molecular weight is 234 g/mol. The van der Waals surface area contributed by atoms with Crippen LogP contribution in [0.1, 0.15) is 0 Å². The molecule has 0 atom stereocenters. The van der Waals surface area contributed by atoms with Crippen LogP contribution in [0.2, 0.25) is 0 Å². The Morgan fingerprint density at radius 1 is 1.00 bits per heavy atom. The minimum Gasteiger partial charge on any atom is -0.456 e. The van der Waals surface area contributed by atoms with Crippen molar-refractivity contribution in [2.24, 2.45) is 0 Å². The van der Waals surface area contributed by atoms with Crippen LogP contribution >= 0.6 is 0 Å². The Morgan fingerprint density at radius 2 is 1.94 bits per heavy atom. The van der Waals surface area contributed by atoms with Gasteiger partial charge >= 0.3 is 0 Å². The number of H-pyrrole nitrogens is 1. The Hall–Kier alpha value is -2.55. The monoisotopic (exact) mass is 234 g/mol. The third-order valence-electron chi connectivity index (χ3n) is 3.11. The molecule has 0 saturated heterocycles. The molecule has 18 heavy (non-hydrogen) atoms. The van der Waals surface area contributed by atoms with E-state index >= 15 is 0 Å². The number of fused-ring (bicyclic) bond motifs is 2. The van der Waals surface area contributed by atoms with Crippen LogP contribution in [0.25, 0.3) is 33.3 Å². The number of aromatic amines is 1. The molecular formula is C15H10N2O. The molecule has 0 bridgehead atoms. The predicted molar refractivity (Wildman–Crippen MR) is 71.3 cm³/mol. The zero-order valence-electron chi connectivity index (χ0n) is 9.55. The second kappa shape index (κ2) is 3.47. The average Bonchev–Trinajstić information content (AvgIpc) is 3.04. The summed E-state index contributed by atoms with van der Waals surface area (Å²) in [4.78, 5) is 7.46. The molecule has 0 saturated carbocycles. The van der Waals surface area contributed by atoms with Crippen LogP contribution < -0.4 is 0 Å². The molecule has 0 aliphatic rings. The summed E-state index contributed by atoms with van der Waals surface area (Å²) >= 11 is 0. The van der Waals surface area contributed by atoms with Crippen molar-refractivity contribution in [2.75, 3.05) is 0 Å². The molecule has 0 spiro atoms. The first-order chi connectivity index (χ1) is 8.90. The summed E-state index contributed by atoms with van der Waals surface area (Å²) in [6, 6.07) is 14.1. The Bertz CT molecular complexity index is 809. The van der Waals surface area contributed by atoms with E-state index in [9.17, 15) is 0 Å². The van der Waals surface area contributed by atoms with Gasteiger partial charge < -0.3 is 9.40 Å². The molecule has 0 amide bonds. The molecule has 3 heterocycles. The van der Waals surface area contributed by atoms with Crippen molar-refractivity contribution < 1.29 is 4.42 Å². The maximum absolute atomic E-state index is 5.83. The molecule has 1 N–H and O–H groups in total. The number of nitrogens with one attached hydrogen (secondary N) is 1. The lowest BCUT2D eigenvalue weighted by molar-refractivity contribution is 0.631. The van der Waals surface area contributed by atoms with Crippen molar-refractivity contribution >= 4 is 22.0 Å². The van der Waals surface area contributed by atoms with Gasteiger partial charge in [-0.15, -0.1) is 0 Å². The number of hydrogen-bond donors (Lipinski definition) is 1. The van der Waals surface area contributed by atoms with E-state index < -0.39 is 0 Å². The number of para-hydroxylation sites is 1. The molecule has 0 aliphatic carbocycles. The standard InChI is InChI=1S/C15H10N2O/c1-2-4-13-10(3-1)8-14(18-13)12-7-11-5-6-16-15(11)17-9-12/h1-9H,(H,16,17). The second-order valence-corrected chi connectivity index (χ2v) is 4.29. The Labute approximate surface area is 103 Å². The van der Waals surface area contributed by atoms with E-state index in [2.05, 4.69) is 16.0 Å². The highest BCUT2D eigenvalue weighted by atomic mass is 16.3. The quantitative estimate of drug-likeness (QED) is 0.541. The zero-order chi connectivity index (χ0) is 11.9. The lowest BCUT2D eigenvalue weighted by Crippen LogP contribution is -1.78. The van der Waals surface area contributed by atoms with Crippen molar-refractivity contribution in [1.29, 1.82) is 0 Å². The fourth-order valence-electron chi connectivity index (χ4n) is 2.20. The van der Waals surface area contributed by atoms with Gasteiger partial charge in [0.05, 0.1) is 0 Å². The van der Waals surface area contributed by atoms with E-state index in [0.717, 1.165) is 33.3 Å². The van der Waals surface area contributed by atoms with E-state index in [1.165, 1.54) is 0 Å². The van der Waals surface area contributed by atoms with Crippen LogP contribution in [0.4, 0.5) is 0 Å². The summed E-state index contributed by atoms with van der Waals surface area (Å²) in [6.07, 6.45) is 3.72. The first-order valence-corrected chi connectivity index (χ1v) is 5.82. The number of benzene rings is 1. The largest absolute Gasteiger partial charge is 0.456 e. The Morgan fingerprint density at radius 3 is 2.89 bits per heavy atom. The van der Waals surface area contributed by atoms with Crippen molar-refractivity contribution in [1.82, 2.24) is 9.97 Å².